The number of benzene rings is 2. The van der Waals surface area contributed by atoms with Gasteiger partial charge in [0.2, 0.25) is 0 Å². The van der Waals surface area contributed by atoms with Crippen LogP contribution in [0.1, 0.15) is 32.6 Å². The van der Waals surface area contributed by atoms with Gasteiger partial charge >= 0.3 is 12.4 Å². The molecular formula is C18H10F6O2. The number of phenols is 1. The van der Waals surface area contributed by atoms with Gasteiger partial charge in [-0.15, -0.1) is 0 Å². The SMILES string of the molecule is O=C1/C(=C/c2cc(C(F)(F)F)cc(C(F)(F)F)c2)Cc2c(O)cccc21. The highest BCUT2D eigenvalue weighted by molar-refractivity contribution is 6.16. The summed E-state index contributed by atoms with van der Waals surface area (Å²) in [5.74, 6) is -0.693. The molecule has 0 heterocycles. The minimum absolute atomic E-state index is 0.00829. The van der Waals surface area contributed by atoms with Crippen molar-refractivity contribution in [1.29, 1.82) is 0 Å². The number of hydrogen-bond donors (Lipinski definition) is 1. The molecule has 26 heavy (non-hydrogen) atoms. The molecule has 1 aliphatic rings. The first kappa shape index (κ1) is 18.0. The first-order valence-corrected chi connectivity index (χ1v) is 7.32. The van der Waals surface area contributed by atoms with E-state index in [4.69, 9.17) is 0 Å². The molecular weight excluding hydrogens is 362 g/mol. The molecule has 2 aromatic rings. The third-order valence-electron chi connectivity index (χ3n) is 4.01. The Morgan fingerprint density at radius 1 is 0.923 bits per heavy atom. The highest BCUT2D eigenvalue weighted by Gasteiger charge is 2.37. The second-order valence-corrected chi connectivity index (χ2v) is 5.82. The molecule has 1 N–H and O–H groups in total. The fourth-order valence-electron chi connectivity index (χ4n) is 2.80. The molecule has 0 amide bonds. The quantitative estimate of drug-likeness (QED) is 0.548. The fraction of sp³-hybridized carbons (Fsp3) is 0.167. The van der Waals surface area contributed by atoms with E-state index < -0.39 is 29.3 Å². The Bertz CT molecular complexity index is 890. The van der Waals surface area contributed by atoms with Gasteiger partial charge in [-0.05, 0) is 35.9 Å². The predicted molar refractivity (Wildman–Crippen MR) is 80.6 cm³/mol. The van der Waals surface area contributed by atoms with E-state index in [1.165, 1.54) is 18.2 Å². The molecule has 1 aliphatic carbocycles. The number of Topliss-reactive ketones (excluding diaryl/α,β-unsaturated/α-hetero) is 1. The number of carbonyl (C=O) groups is 1. The van der Waals surface area contributed by atoms with Gasteiger partial charge in [0.15, 0.2) is 5.78 Å². The summed E-state index contributed by atoms with van der Waals surface area (Å²) in [4.78, 5) is 12.3. The number of ketones is 1. The molecule has 2 aromatic carbocycles. The lowest BCUT2D eigenvalue weighted by molar-refractivity contribution is -0.143. The van der Waals surface area contributed by atoms with Crippen LogP contribution in [0.2, 0.25) is 0 Å². The van der Waals surface area contributed by atoms with Crippen LogP contribution in [0.4, 0.5) is 26.3 Å². The van der Waals surface area contributed by atoms with Crippen molar-refractivity contribution in [3.8, 4) is 5.75 Å². The van der Waals surface area contributed by atoms with E-state index in [-0.39, 0.29) is 34.9 Å². The van der Waals surface area contributed by atoms with Crippen LogP contribution in [0.25, 0.3) is 6.08 Å². The van der Waals surface area contributed by atoms with E-state index in [2.05, 4.69) is 0 Å². The number of aromatic hydroxyl groups is 1. The number of phenolic OH excluding ortho intramolecular Hbond substituents is 1. The van der Waals surface area contributed by atoms with Crippen LogP contribution in [0.5, 0.6) is 5.75 Å². The van der Waals surface area contributed by atoms with Crippen LogP contribution < -0.4 is 0 Å². The lowest BCUT2D eigenvalue weighted by Gasteiger charge is -2.13. The van der Waals surface area contributed by atoms with Gasteiger partial charge in [0, 0.05) is 23.1 Å². The largest absolute Gasteiger partial charge is 0.508 e. The molecule has 136 valence electrons. The summed E-state index contributed by atoms with van der Waals surface area (Å²) in [6.07, 6.45) is -9.00. The van der Waals surface area contributed by atoms with Crippen LogP contribution in [0.15, 0.2) is 42.0 Å². The smallest absolute Gasteiger partial charge is 0.416 e. The normalized spacial score (nSPS) is 16.2. The van der Waals surface area contributed by atoms with Crippen molar-refractivity contribution >= 4 is 11.9 Å². The summed E-state index contributed by atoms with van der Waals surface area (Å²) in [5.41, 5.74) is -2.81. The molecule has 0 bridgehead atoms. The summed E-state index contributed by atoms with van der Waals surface area (Å²) >= 11 is 0. The van der Waals surface area contributed by atoms with Crippen LogP contribution >= 0.6 is 0 Å². The minimum Gasteiger partial charge on any atom is -0.508 e. The first-order valence-electron chi connectivity index (χ1n) is 7.32. The summed E-state index contributed by atoms with van der Waals surface area (Å²) in [7, 11) is 0. The first-order chi connectivity index (χ1) is 12.0. The van der Waals surface area contributed by atoms with Crippen molar-refractivity contribution in [3.05, 3.63) is 69.8 Å². The summed E-state index contributed by atoms with van der Waals surface area (Å²) in [6.45, 7) is 0. The number of allylic oxidation sites excluding steroid dienone is 1. The van der Waals surface area contributed by atoms with Crippen molar-refractivity contribution in [2.75, 3.05) is 0 Å². The predicted octanol–water partition coefficient (Wildman–Crippen LogP) is 5.25. The lowest BCUT2D eigenvalue weighted by atomic mass is 10.0. The summed E-state index contributed by atoms with van der Waals surface area (Å²) in [5, 5.41) is 9.76. The highest BCUT2D eigenvalue weighted by Crippen LogP contribution is 2.38. The maximum atomic E-state index is 12.9. The van der Waals surface area contributed by atoms with E-state index in [1.54, 1.807) is 0 Å². The maximum Gasteiger partial charge on any atom is 0.416 e. The molecule has 0 saturated carbocycles. The summed E-state index contributed by atoms with van der Waals surface area (Å²) in [6, 6.07) is 5.35. The molecule has 0 spiro atoms. The van der Waals surface area contributed by atoms with Gasteiger partial charge in [-0.1, -0.05) is 12.1 Å². The zero-order valence-electron chi connectivity index (χ0n) is 12.9. The number of carbonyl (C=O) groups excluding carboxylic acids is 1. The molecule has 0 saturated heterocycles. The Morgan fingerprint density at radius 2 is 1.50 bits per heavy atom. The number of alkyl halides is 6. The van der Waals surface area contributed by atoms with Gasteiger partial charge in [0.25, 0.3) is 0 Å². The monoisotopic (exact) mass is 372 g/mol. The van der Waals surface area contributed by atoms with Crippen LogP contribution in [-0.2, 0) is 18.8 Å². The molecule has 0 atom stereocenters. The molecule has 3 rings (SSSR count). The zero-order valence-corrected chi connectivity index (χ0v) is 12.9. The highest BCUT2D eigenvalue weighted by atomic mass is 19.4. The average molecular weight is 372 g/mol. The van der Waals surface area contributed by atoms with Crippen molar-refractivity contribution in [1.82, 2.24) is 0 Å². The lowest BCUT2D eigenvalue weighted by Crippen LogP contribution is -2.11. The Hall–Kier alpha value is -2.77. The number of fused-ring (bicyclic) bond motifs is 1. The summed E-state index contributed by atoms with van der Waals surface area (Å²) < 4.78 is 77.4. The Morgan fingerprint density at radius 3 is 2.00 bits per heavy atom. The fourth-order valence-corrected chi connectivity index (χ4v) is 2.80. The second kappa shape index (κ2) is 5.89. The number of halogens is 6. The van der Waals surface area contributed by atoms with Crippen molar-refractivity contribution in [3.63, 3.8) is 0 Å². The van der Waals surface area contributed by atoms with E-state index in [9.17, 15) is 36.2 Å². The Balaban J connectivity index is 2.09. The van der Waals surface area contributed by atoms with Gasteiger partial charge in [-0.2, -0.15) is 26.3 Å². The third kappa shape index (κ3) is 3.31. The maximum absolute atomic E-state index is 12.9. The van der Waals surface area contributed by atoms with Crippen molar-refractivity contribution in [2.45, 2.75) is 18.8 Å². The second-order valence-electron chi connectivity index (χ2n) is 5.82. The van der Waals surface area contributed by atoms with E-state index in [0.29, 0.717) is 17.7 Å². The van der Waals surface area contributed by atoms with Crippen LogP contribution in [0.3, 0.4) is 0 Å². The molecule has 0 unspecified atom stereocenters. The third-order valence-corrected chi connectivity index (χ3v) is 4.01. The Labute approximate surface area is 143 Å². The molecule has 0 aliphatic heterocycles. The van der Waals surface area contributed by atoms with Gasteiger partial charge in [0.1, 0.15) is 5.75 Å². The average Bonchev–Trinajstić information content (AvgIpc) is 2.84. The van der Waals surface area contributed by atoms with E-state index in [0.717, 1.165) is 6.08 Å². The molecule has 0 aromatic heterocycles. The number of rotatable bonds is 1. The van der Waals surface area contributed by atoms with E-state index in [1.807, 2.05) is 0 Å². The van der Waals surface area contributed by atoms with Gasteiger partial charge in [-0.3, -0.25) is 4.79 Å². The van der Waals surface area contributed by atoms with Gasteiger partial charge < -0.3 is 5.11 Å². The number of hydrogen-bond acceptors (Lipinski definition) is 2. The van der Waals surface area contributed by atoms with Gasteiger partial charge in [-0.25, -0.2) is 0 Å². The molecule has 0 fully saturated rings. The van der Waals surface area contributed by atoms with Crippen LogP contribution in [0, 0.1) is 0 Å². The molecule has 8 heteroatoms. The zero-order chi connectivity index (χ0) is 19.3. The topological polar surface area (TPSA) is 37.3 Å². The van der Waals surface area contributed by atoms with E-state index >= 15 is 0 Å². The van der Waals surface area contributed by atoms with Crippen molar-refractivity contribution in [2.24, 2.45) is 0 Å². The Kier molecular flexibility index (Phi) is 4.09. The minimum atomic E-state index is -4.96. The van der Waals surface area contributed by atoms with Gasteiger partial charge in [0.05, 0.1) is 11.1 Å². The van der Waals surface area contributed by atoms with Crippen LogP contribution in [-0.4, -0.2) is 10.9 Å². The molecule has 2 nitrogen and oxygen atoms in total. The standard InChI is InChI=1S/C18H10F6O2/c19-17(20,21)11-5-9(6-12(8-11)18(22,23)24)4-10-7-14-13(16(10)26)2-1-3-15(14)25/h1-6,8,25H,7H2/b10-4+. The van der Waals surface area contributed by atoms with Crippen molar-refractivity contribution < 1.29 is 36.2 Å². The molecule has 0 radical (unpaired) electrons.